The molecule has 0 aliphatic heterocycles. The molecule has 0 rings (SSSR count). The van der Waals surface area contributed by atoms with Crippen LogP contribution >= 0.6 is 0 Å². The second-order valence-electron chi connectivity index (χ2n) is 5.73. The van der Waals surface area contributed by atoms with Crippen LogP contribution in [0.25, 0.3) is 0 Å². The molecule has 0 bridgehead atoms. The lowest BCUT2D eigenvalue weighted by Gasteiger charge is -2.15. The van der Waals surface area contributed by atoms with Crippen LogP contribution in [0.15, 0.2) is 22.3 Å². The molecule has 0 heterocycles. The minimum Gasteiger partial charge on any atom is -0.462 e. The highest BCUT2D eigenvalue weighted by molar-refractivity contribution is 6.07. The Hall–Kier alpha value is -1.58. The number of hydrogen-bond donors (Lipinski definition) is 0. The maximum absolute atomic E-state index is 12.3. The molecule has 0 saturated carbocycles. The van der Waals surface area contributed by atoms with E-state index in [4.69, 9.17) is 9.47 Å². The molecule has 0 aromatic rings. The van der Waals surface area contributed by atoms with Gasteiger partial charge in [0.05, 0.1) is 24.4 Å². The van der Waals surface area contributed by atoms with Gasteiger partial charge in [-0.25, -0.2) is 9.59 Å². The summed E-state index contributed by atoms with van der Waals surface area (Å²) in [5.74, 6) is -0.894. The summed E-state index contributed by atoms with van der Waals surface area (Å²) in [7, 11) is 0. The smallest absolute Gasteiger partial charge is 0.338 e. The van der Waals surface area contributed by atoms with Crippen LogP contribution in [0.3, 0.4) is 0 Å². The maximum Gasteiger partial charge on any atom is 0.338 e. The second kappa shape index (κ2) is 11.0. The van der Waals surface area contributed by atoms with Gasteiger partial charge in [-0.15, -0.1) is 0 Å². The van der Waals surface area contributed by atoms with Gasteiger partial charge in [0.1, 0.15) is 0 Å². The van der Waals surface area contributed by atoms with Gasteiger partial charge in [-0.05, 0) is 40.5 Å². The zero-order valence-electron chi connectivity index (χ0n) is 14.9. The Kier molecular flexibility index (Phi) is 10.3. The van der Waals surface area contributed by atoms with Crippen LogP contribution in [0.2, 0.25) is 0 Å². The highest BCUT2D eigenvalue weighted by atomic mass is 16.5. The van der Waals surface area contributed by atoms with Gasteiger partial charge < -0.3 is 9.47 Å². The van der Waals surface area contributed by atoms with Gasteiger partial charge in [-0.3, -0.25) is 0 Å². The third-order valence-electron chi connectivity index (χ3n) is 3.12. The summed E-state index contributed by atoms with van der Waals surface area (Å²) >= 11 is 0. The number of ether oxygens (including phenoxy) is 2. The van der Waals surface area contributed by atoms with Crippen molar-refractivity contribution in [3.8, 4) is 0 Å². The summed E-state index contributed by atoms with van der Waals surface area (Å²) in [5.41, 5.74) is 2.17. The summed E-state index contributed by atoms with van der Waals surface area (Å²) < 4.78 is 10.5. The summed E-state index contributed by atoms with van der Waals surface area (Å²) in [5, 5.41) is 0. The Morgan fingerprint density at radius 3 is 1.23 bits per heavy atom. The van der Waals surface area contributed by atoms with Crippen molar-refractivity contribution in [2.75, 3.05) is 13.2 Å². The van der Waals surface area contributed by atoms with E-state index in [0.29, 0.717) is 24.4 Å². The molecule has 0 amide bonds. The van der Waals surface area contributed by atoms with Crippen LogP contribution in [0.1, 0.15) is 67.2 Å². The highest BCUT2D eigenvalue weighted by Gasteiger charge is 2.25. The van der Waals surface area contributed by atoms with Crippen LogP contribution in [-0.2, 0) is 19.1 Å². The van der Waals surface area contributed by atoms with Gasteiger partial charge in [0.15, 0.2) is 0 Å². The molecule has 4 nitrogen and oxygen atoms in total. The second-order valence-corrected chi connectivity index (χ2v) is 5.73. The van der Waals surface area contributed by atoms with Crippen molar-refractivity contribution in [1.29, 1.82) is 0 Å². The normalized spacial score (nSPS) is 9.91. The van der Waals surface area contributed by atoms with Crippen LogP contribution < -0.4 is 0 Å². The lowest BCUT2D eigenvalue weighted by atomic mass is 9.97. The van der Waals surface area contributed by atoms with Crippen molar-refractivity contribution in [3.05, 3.63) is 22.3 Å². The molecule has 0 N–H and O–H groups in total. The molecule has 0 aromatic carbocycles. The Morgan fingerprint density at radius 2 is 1.00 bits per heavy atom. The van der Waals surface area contributed by atoms with E-state index in [1.54, 1.807) is 27.7 Å². The summed E-state index contributed by atoms with van der Waals surface area (Å²) in [4.78, 5) is 24.6. The van der Waals surface area contributed by atoms with Crippen molar-refractivity contribution < 1.29 is 19.1 Å². The maximum atomic E-state index is 12.3. The van der Waals surface area contributed by atoms with Gasteiger partial charge in [0.25, 0.3) is 0 Å². The van der Waals surface area contributed by atoms with Gasteiger partial charge in [0.2, 0.25) is 0 Å². The molecule has 0 spiro atoms. The lowest BCUT2D eigenvalue weighted by Crippen LogP contribution is -2.20. The van der Waals surface area contributed by atoms with E-state index in [9.17, 15) is 9.59 Å². The molecule has 0 unspecified atom stereocenters. The summed E-state index contributed by atoms with van der Waals surface area (Å²) in [6.45, 7) is 12.0. The molecule has 0 radical (unpaired) electrons. The Balaban J connectivity index is 5.25. The first kappa shape index (κ1) is 20.4. The third kappa shape index (κ3) is 6.92. The number of carbonyl (C=O) groups excluding carboxylic acids is 2. The van der Waals surface area contributed by atoms with Gasteiger partial charge >= 0.3 is 11.9 Å². The van der Waals surface area contributed by atoms with Gasteiger partial charge in [0, 0.05) is 0 Å². The molecule has 0 aliphatic carbocycles. The van der Waals surface area contributed by atoms with E-state index in [1.165, 1.54) is 0 Å². The molecule has 0 atom stereocenters. The number of esters is 2. The molecule has 0 fully saturated rings. The van der Waals surface area contributed by atoms with E-state index in [2.05, 4.69) is 0 Å². The number of hydrogen-bond acceptors (Lipinski definition) is 4. The fourth-order valence-corrected chi connectivity index (χ4v) is 1.88. The van der Waals surface area contributed by atoms with E-state index in [-0.39, 0.29) is 0 Å². The zero-order chi connectivity index (χ0) is 17.1. The van der Waals surface area contributed by atoms with Crippen molar-refractivity contribution in [2.45, 2.75) is 67.2 Å². The van der Waals surface area contributed by atoms with E-state index < -0.39 is 11.9 Å². The average molecular weight is 310 g/mol. The first-order valence-corrected chi connectivity index (χ1v) is 8.06. The molecular weight excluding hydrogens is 280 g/mol. The van der Waals surface area contributed by atoms with Crippen LogP contribution in [0.5, 0.6) is 0 Å². The Morgan fingerprint density at radius 1 is 0.682 bits per heavy atom. The third-order valence-corrected chi connectivity index (χ3v) is 3.12. The molecule has 0 aromatic heterocycles. The lowest BCUT2D eigenvalue weighted by molar-refractivity contribution is -0.142. The topological polar surface area (TPSA) is 52.6 Å². The first-order valence-electron chi connectivity index (χ1n) is 8.06. The number of carbonyl (C=O) groups is 2. The van der Waals surface area contributed by atoms with E-state index >= 15 is 0 Å². The fraction of sp³-hybridized carbons (Fsp3) is 0.667. The predicted octanol–water partition coefficient (Wildman–Crippen LogP) is 4.35. The van der Waals surface area contributed by atoms with Gasteiger partial charge in [-0.2, -0.15) is 0 Å². The quantitative estimate of drug-likeness (QED) is 0.275. The standard InChI is InChI=1S/C18H30O4/c1-7-9-11-21-17(19)15(13(3)4)16(14(5)6)18(20)22-12-10-8-2/h7-12H2,1-6H3. The highest BCUT2D eigenvalue weighted by Crippen LogP contribution is 2.22. The molecule has 4 heteroatoms. The molecule has 0 aliphatic rings. The Bertz CT molecular complexity index is 394. The molecular formula is C18H30O4. The van der Waals surface area contributed by atoms with Crippen molar-refractivity contribution in [2.24, 2.45) is 0 Å². The first-order chi connectivity index (χ1) is 10.4. The Labute approximate surface area is 134 Å². The largest absolute Gasteiger partial charge is 0.462 e. The van der Waals surface area contributed by atoms with Crippen LogP contribution in [0, 0.1) is 0 Å². The van der Waals surface area contributed by atoms with Crippen LogP contribution in [0.4, 0.5) is 0 Å². The zero-order valence-corrected chi connectivity index (χ0v) is 14.9. The monoisotopic (exact) mass is 310 g/mol. The number of allylic oxidation sites excluding steroid dienone is 2. The van der Waals surface area contributed by atoms with Gasteiger partial charge in [-0.1, -0.05) is 37.8 Å². The molecule has 0 saturated heterocycles. The van der Waals surface area contributed by atoms with Crippen LogP contribution in [-0.4, -0.2) is 25.2 Å². The van der Waals surface area contributed by atoms with Crippen molar-refractivity contribution in [1.82, 2.24) is 0 Å². The summed E-state index contributed by atoms with van der Waals surface area (Å²) in [6, 6.07) is 0. The van der Waals surface area contributed by atoms with Crippen molar-refractivity contribution in [3.63, 3.8) is 0 Å². The van der Waals surface area contributed by atoms with E-state index in [0.717, 1.165) is 36.8 Å². The summed E-state index contributed by atoms with van der Waals surface area (Å²) in [6.07, 6.45) is 3.53. The fourth-order valence-electron chi connectivity index (χ4n) is 1.88. The van der Waals surface area contributed by atoms with Crippen molar-refractivity contribution >= 4 is 11.9 Å². The number of unbranched alkanes of at least 4 members (excludes halogenated alkanes) is 2. The van der Waals surface area contributed by atoms with E-state index in [1.807, 2.05) is 13.8 Å². The molecule has 22 heavy (non-hydrogen) atoms. The SMILES string of the molecule is CCCCOC(=O)C(=C(C)C)C(C(=O)OCCCC)=C(C)C. The minimum absolute atomic E-state index is 0.331. The average Bonchev–Trinajstić information content (AvgIpc) is 2.43. The number of rotatable bonds is 9. The molecule has 126 valence electrons. The minimum atomic E-state index is -0.447. The predicted molar refractivity (Wildman–Crippen MR) is 88.5 cm³/mol.